The number of benzene rings is 2. The molecule has 2 aromatic carbocycles. The third-order valence-electron chi connectivity index (χ3n) is 5.74. The van der Waals surface area contributed by atoms with E-state index in [1.807, 2.05) is 0 Å². The average molecular weight is 321 g/mol. The lowest BCUT2D eigenvalue weighted by Gasteiger charge is -2.36. The number of nitrogens with zero attached hydrogens (tertiary/aromatic N) is 1. The van der Waals surface area contributed by atoms with Crippen LogP contribution in [0.25, 0.3) is 21.8 Å². The van der Waals surface area contributed by atoms with Crippen LogP contribution in [0.5, 0.6) is 0 Å². The largest absolute Gasteiger partial charge is 0.341 e. The Morgan fingerprint density at radius 1 is 1.04 bits per heavy atom. The fraction of sp³-hybridized carbons (Fsp3) is 0.429. The zero-order valence-corrected chi connectivity index (χ0v) is 14.5. The van der Waals surface area contributed by atoms with Crippen LogP contribution in [0.15, 0.2) is 42.5 Å². The van der Waals surface area contributed by atoms with E-state index in [2.05, 4.69) is 54.0 Å². The van der Waals surface area contributed by atoms with Gasteiger partial charge in [0, 0.05) is 39.9 Å². The van der Waals surface area contributed by atoms with Crippen LogP contribution in [0.2, 0.25) is 0 Å². The standard InChI is InChI=1S/C21H27N3/c1-2-24-19-6-4-3-5-17(19)18-13-15(7-8-20(18)24)14-21(23)11-9-16(22)10-12-21/h3-8,13,16H,2,9-12,14,22-23H2,1H3. The van der Waals surface area contributed by atoms with E-state index in [1.165, 1.54) is 27.4 Å². The van der Waals surface area contributed by atoms with E-state index in [4.69, 9.17) is 11.5 Å². The first-order valence-electron chi connectivity index (χ1n) is 9.14. The predicted molar refractivity (Wildman–Crippen MR) is 102 cm³/mol. The summed E-state index contributed by atoms with van der Waals surface area (Å²) in [5, 5.41) is 2.69. The summed E-state index contributed by atoms with van der Waals surface area (Å²) < 4.78 is 2.40. The molecule has 4 N–H and O–H groups in total. The second-order valence-electron chi connectivity index (χ2n) is 7.49. The molecule has 0 spiro atoms. The molecule has 3 heteroatoms. The number of fused-ring (bicyclic) bond motifs is 3. The number of aryl methyl sites for hydroxylation is 1. The van der Waals surface area contributed by atoms with Gasteiger partial charge in [-0.05, 0) is 62.8 Å². The number of nitrogens with two attached hydrogens (primary N) is 2. The van der Waals surface area contributed by atoms with Gasteiger partial charge in [0.15, 0.2) is 0 Å². The van der Waals surface area contributed by atoms with E-state index in [0.29, 0.717) is 6.04 Å². The van der Waals surface area contributed by atoms with Gasteiger partial charge in [-0.3, -0.25) is 0 Å². The van der Waals surface area contributed by atoms with E-state index < -0.39 is 0 Å². The first kappa shape index (κ1) is 15.7. The van der Waals surface area contributed by atoms with Crippen molar-refractivity contribution in [1.82, 2.24) is 4.57 Å². The van der Waals surface area contributed by atoms with Crippen molar-refractivity contribution in [3.05, 3.63) is 48.0 Å². The lowest BCUT2D eigenvalue weighted by Crippen LogP contribution is -2.47. The lowest BCUT2D eigenvalue weighted by atomic mass is 9.76. The van der Waals surface area contributed by atoms with E-state index >= 15 is 0 Å². The molecule has 0 bridgehead atoms. The molecule has 1 heterocycles. The van der Waals surface area contributed by atoms with E-state index in [9.17, 15) is 0 Å². The molecule has 24 heavy (non-hydrogen) atoms. The summed E-state index contributed by atoms with van der Waals surface area (Å²) in [4.78, 5) is 0. The van der Waals surface area contributed by atoms with Crippen molar-refractivity contribution in [2.75, 3.05) is 0 Å². The SMILES string of the molecule is CCn1c2ccccc2c2cc(CC3(N)CCC(N)CC3)ccc21. The molecule has 1 aromatic heterocycles. The van der Waals surface area contributed by atoms with Gasteiger partial charge in [0.05, 0.1) is 0 Å². The van der Waals surface area contributed by atoms with Crippen LogP contribution in [-0.4, -0.2) is 16.1 Å². The van der Waals surface area contributed by atoms with Crippen molar-refractivity contribution in [2.45, 2.75) is 57.2 Å². The minimum absolute atomic E-state index is 0.0906. The molecule has 3 aromatic rings. The molecule has 4 rings (SSSR count). The number of hydrogen-bond acceptors (Lipinski definition) is 2. The van der Waals surface area contributed by atoms with Gasteiger partial charge in [0.1, 0.15) is 0 Å². The molecule has 1 aliphatic carbocycles. The van der Waals surface area contributed by atoms with Crippen molar-refractivity contribution in [2.24, 2.45) is 11.5 Å². The van der Waals surface area contributed by atoms with Gasteiger partial charge in [-0.15, -0.1) is 0 Å². The second-order valence-corrected chi connectivity index (χ2v) is 7.49. The van der Waals surface area contributed by atoms with Gasteiger partial charge < -0.3 is 16.0 Å². The maximum Gasteiger partial charge on any atom is 0.0491 e. The van der Waals surface area contributed by atoms with Gasteiger partial charge >= 0.3 is 0 Å². The van der Waals surface area contributed by atoms with E-state index in [-0.39, 0.29) is 5.54 Å². The highest BCUT2D eigenvalue weighted by atomic mass is 15.0. The Bertz CT molecular complexity index is 869. The molecule has 0 unspecified atom stereocenters. The zero-order chi connectivity index (χ0) is 16.7. The summed E-state index contributed by atoms with van der Waals surface area (Å²) in [6.45, 7) is 3.20. The Balaban J connectivity index is 1.74. The molecular formula is C21H27N3. The number of aromatic nitrogens is 1. The topological polar surface area (TPSA) is 57.0 Å². The number of hydrogen-bond donors (Lipinski definition) is 2. The quantitative estimate of drug-likeness (QED) is 0.767. The zero-order valence-electron chi connectivity index (χ0n) is 14.5. The van der Waals surface area contributed by atoms with Crippen LogP contribution in [0.3, 0.4) is 0 Å². The summed E-state index contributed by atoms with van der Waals surface area (Å²) in [5.41, 5.74) is 16.6. The summed E-state index contributed by atoms with van der Waals surface area (Å²) >= 11 is 0. The Morgan fingerprint density at radius 3 is 2.50 bits per heavy atom. The summed E-state index contributed by atoms with van der Waals surface area (Å²) in [7, 11) is 0. The smallest absolute Gasteiger partial charge is 0.0491 e. The summed E-state index contributed by atoms with van der Waals surface area (Å²) in [6, 6.07) is 15.9. The van der Waals surface area contributed by atoms with Gasteiger partial charge in [-0.1, -0.05) is 24.3 Å². The third-order valence-corrected chi connectivity index (χ3v) is 5.74. The van der Waals surface area contributed by atoms with Crippen LogP contribution in [-0.2, 0) is 13.0 Å². The first-order valence-corrected chi connectivity index (χ1v) is 9.14. The highest BCUT2D eigenvalue weighted by molar-refractivity contribution is 6.08. The first-order chi connectivity index (χ1) is 11.6. The number of rotatable bonds is 3. The fourth-order valence-corrected chi connectivity index (χ4v) is 4.35. The normalized spacial score (nSPS) is 24.7. The van der Waals surface area contributed by atoms with Crippen LogP contribution in [0.4, 0.5) is 0 Å². The molecule has 1 aliphatic rings. The highest BCUT2D eigenvalue weighted by Crippen LogP contribution is 2.33. The molecule has 1 fully saturated rings. The van der Waals surface area contributed by atoms with Gasteiger partial charge in [0.25, 0.3) is 0 Å². The van der Waals surface area contributed by atoms with Crippen LogP contribution < -0.4 is 11.5 Å². The van der Waals surface area contributed by atoms with E-state index in [1.54, 1.807) is 0 Å². The van der Waals surface area contributed by atoms with Crippen molar-refractivity contribution in [3.8, 4) is 0 Å². The maximum atomic E-state index is 6.68. The average Bonchev–Trinajstić information content (AvgIpc) is 2.91. The molecule has 126 valence electrons. The van der Waals surface area contributed by atoms with E-state index in [0.717, 1.165) is 38.6 Å². The molecule has 0 atom stereocenters. The minimum atomic E-state index is -0.0906. The fourth-order valence-electron chi connectivity index (χ4n) is 4.35. The van der Waals surface area contributed by atoms with Crippen LogP contribution in [0, 0.1) is 0 Å². The second kappa shape index (κ2) is 5.91. The van der Waals surface area contributed by atoms with Crippen LogP contribution in [0.1, 0.15) is 38.2 Å². The summed E-state index contributed by atoms with van der Waals surface area (Å²) in [6.07, 6.45) is 5.11. The Kier molecular flexibility index (Phi) is 3.86. The molecule has 0 amide bonds. The van der Waals surface area contributed by atoms with Crippen molar-refractivity contribution < 1.29 is 0 Å². The molecule has 0 radical (unpaired) electrons. The minimum Gasteiger partial charge on any atom is -0.341 e. The number of para-hydroxylation sites is 1. The highest BCUT2D eigenvalue weighted by Gasteiger charge is 2.30. The summed E-state index contributed by atoms with van der Waals surface area (Å²) in [5.74, 6) is 0. The predicted octanol–water partition coefficient (Wildman–Crippen LogP) is 3.96. The Hall–Kier alpha value is -1.84. The molecule has 3 nitrogen and oxygen atoms in total. The molecule has 0 saturated heterocycles. The van der Waals surface area contributed by atoms with Crippen LogP contribution >= 0.6 is 0 Å². The molecular weight excluding hydrogens is 294 g/mol. The lowest BCUT2D eigenvalue weighted by molar-refractivity contribution is 0.271. The molecule has 0 aliphatic heterocycles. The van der Waals surface area contributed by atoms with Crippen molar-refractivity contribution in [3.63, 3.8) is 0 Å². The Morgan fingerprint density at radius 2 is 1.75 bits per heavy atom. The monoisotopic (exact) mass is 321 g/mol. The van der Waals surface area contributed by atoms with Gasteiger partial charge in [0.2, 0.25) is 0 Å². The van der Waals surface area contributed by atoms with Crippen molar-refractivity contribution >= 4 is 21.8 Å². The Labute approximate surface area is 143 Å². The van der Waals surface area contributed by atoms with Crippen molar-refractivity contribution in [1.29, 1.82) is 0 Å². The maximum absolute atomic E-state index is 6.68. The van der Waals surface area contributed by atoms with Gasteiger partial charge in [-0.25, -0.2) is 0 Å². The molecule has 1 saturated carbocycles. The third kappa shape index (κ3) is 2.62. The van der Waals surface area contributed by atoms with Gasteiger partial charge in [-0.2, -0.15) is 0 Å².